The number of oxazole rings is 1. The second kappa shape index (κ2) is 9.36. The average Bonchev–Trinajstić information content (AvgIpc) is 3.15. The predicted octanol–water partition coefficient (Wildman–Crippen LogP) is 1.26. The van der Waals surface area contributed by atoms with Crippen molar-refractivity contribution in [1.82, 2.24) is 20.5 Å². The van der Waals surface area contributed by atoms with E-state index in [4.69, 9.17) is 10.2 Å². The third-order valence-corrected chi connectivity index (χ3v) is 4.82. The number of nitrogens with two attached hydrogens (primary N) is 1. The van der Waals surface area contributed by atoms with Crippen LogP contribution in [0.5, 0.6) is 0 Å². The molecule has 1 aromatic carbocycles. The molecule has 8 heteroatoms. The summed E-state index contributed by atoms with van der Waals surface area (Å²) < 4.78 is 5.60. The number of guanidine groups is 1. The van der Waals surface area contributed by atoms with E-state index in [0.717, 1.165) is 43.1 Å². The van der Waals surface area contributed by atoms with E-state index in [2.05, 4.69) is 32.4 Å². The molecule has 28 heavy (non-hydrogen) atoms. The maximum Gasteiger partial charge on any atom is 0.231 e. The largest absolute Gasteiger partial charge is 0.444 e. The summed E-state index contributed by atoms with van der Waals surface area (Å²) in [6, 6.07) is 8.40. The highest BCUT2D eigenvalue weighted by Crippen LogP contribution is 2.19. The number of benzene rings is 1. The van der Waals surface area contributed by atoms with E-state index in [1.807, 2.05) is 24.3 Å². The van der Waals surface area contributed by atoms with Gasteiger partial charge in [0.2, 0.25) is 11.8 Å². The monoisotopic (exact) mass is 384 g/mol. The Bertz CT molecular complexity index is 806. The first-order valence-electron chi connectivity index (χ1n) is 9.53. The molecule has 1 saturated heterocycles. The van der Waals surface area contributed by atoms with Gasteiger partial charge in [0.25, 0.3) is 0 Å². The van der Waals surface area contributed by atoms with Crippen molar-refractivity contribution >= 4 is 11.9 Å². The van der Waals surface area contributed by atoms with Crippen LogP contribution in [0.2, 0.25) is 0 Å². The van der Waals surface area contributed by atoms with Crippen LogP contribution < -0.4 is 16.4 Å². The van der Waals surface area contributed by atoms with Crippen molar-refractivity contribution in [2.75, 3.05) is 26.7 Å². The van der Waals surface area contributed by atoms with Crippen LogP contribution in [0.4, 0.5) is 0 Å². The van der Waals surface area contributed by atoms with Crippen LogP contribution >= 0.6 is 0 Å². The Morgan fingerprint density at radius 3 is 2.68 bits per heavy atom. The van der Waals surface area contributed by atoms with Gasteiger partial charge in [-0.05, 0) is 31.9 Å². The van der Waals surface area contributed by atoms with Crippen molar-refractivity contribution in [3.05, 3.63) is 41.8 Å². The number of piperidine rings is 1. The fourth-order valence-corrected chi connectivity index (χ4v) is 3.23. The zero-order chi connectivity index (χ0) is 19.9. The van der Waals surface area contributed by atoms with Crippen LogP contribution in [0, 0.1) is 6.92 Å². The van der Waals surface area contributed by atoms with Crippen molar-refractivity contribution in [1.29, 1.82) is 0 Å². The van der Waals surface area contributed by atoms with Crippen LogP contribution in [-0.4, -0.2) is 54.5 Å². The van der Waals surface area contributed by atoms with Crippen molar-refractivity contribution in [2.45, 2.75) is 32.4 Å². The van der Waals surface area contributed by atoms with Crippen molar-refractivity contribution in [3.8, 4) is 11.5 Å². The van der Waals surface area contributed by atoms with E-state index in [-0.39, 0.29) is 5.91 Å². The number of hydrogen-bond donors (Lipinski definition) is 3. The Hall–Kier alpha value is -2.87. The first kappa shape index (κ1) is 19.9. The lowest BCUT2D eigenvalue weighted by atomic mass is 10.1. The molecule has 0 unspecified atom stereocenters. The standard InChI is InChI=1S/C20H28N6O2/c1-14-3-5-15(6-4-14)19-24-17(13-28-19)11-23-20(22-2)25-16-7-9-26(10-8-16)12-18(21)27/h3-6,13,16H,7-12H2,1-2H3,(H2,21,27)(H2,22,23,25). The van der Waals surface area contributed by atoms with Gasteiger partial charge < -0.3 is 20.8 Å². The molecule has 0 aliphatic carbocycles. The SMILES string of the molecule is CN=C(NCc1coc(-c2ccc(C)cc2)n1)NC1CCN(CC(N)=O)CC1. The van der Waals surface area contributed by atoms with Crippen molar-refractivity contribution in [3.63, 3.8) is 0 Å². The Kier molecular flexibility index (Phi) is 6.65. The molecular formula is C20H28N6O2. The molecule has 0 saturated carbocycles. The van der Waals surface area contributed by atoms with Gasteiger partial charge in [-0.3, -0.25) is 14.7 Å². The van der Waals surface area contributed by atoms with E-state index in [1.54, 1.807) is 13.3 Å². The summed E-state index contributed by atoms with van der Waals surface area (Å²) in [4.78, 5) is 21.9. The number of likely N-dealkylation sites (tertiary alicyclic amines) is 1. The minimum atomic E-state index is -0.276. The zero-order valence-corrected chi connectivity index (χ0v) is 16.4. The lowest BCUT2D eigenvalue weighted by Gasteiger charge is -2.32. The highest BCUT2D eigenvalue weighted by Gasteiger charge is 2.20. The van der Waals surface area contributed by atoms with Crippen LogP contribution in [-0.2, 0) is 11.3 Å². The highest BCUT2D eigenvalue weighted by molar-refractivity contribution is 5.80. The second-order valence-electron chi connectivity index (χ2n) is 7.10. The molecule has 1 aliphatic heterocycles. The molecule has 0 spiro atoms. The van der Waals surface area contributed by atoms with Gasteiger partial charge in [-0.2, -0.15) is 0 Å². The fourth-order valence-electron chi connectivity index (χ4n) is 3.23. The number of carbonyl (C=O) groups is 1. The van der Waals surface area contributed by atoms with Crippen LogP contribution in [0.1, 0.15) is 24.1 Å². The number of carbonyl (C=O) groups excluding carboxylic acids is 1. The van der Waals surface area contributed by atoms with Crippen LogP contribution in [0.15, 0.2) is 39.9 Å². The molecule has 0 atom stereocenters. The van der Waals surface area contributed by atoms with Gasteiger partial charge in [0.15, 0.2) is 5.96 Å². The molecule has 1 amide bonds. The zero-order valence-electron chi connectivity index (χ0n) is 16.4. The number of aromatic nitrogens is 1. The number of nitrogens with one attached hydrogen (secondary N) is 2. The number of aliphatic imine (C=N–C) groups is 1. The van der Waals surface area contributed by atoms with Crippen molar-refractivity contribution < 1.29 is 9.21 Å². The second-order valence-corrected chi connectivity index (χ2v) is 7.10. The van der Waals surface area contributed by atoms with Crippen LogP contribution in [0.25, 0.3) is 11.5 Å². The van der Waals surface area contributed by atoms with Gasteiger partial charge >= 0.3 is 0 Å². The highest BCUT2D eigenvalue weighted by atomic mass is 16.3. The molecule has 150 valence electrons. The summed E-state index contributed by atoms with van der Waals surface area (Å²) in [7, 11) is 1.75. The topological polar surface area (TPSA) is 109 Å². The molecule has 0 radical (unpaired) electrons. The fraction of sp³-hybridized carbons (Fsp3) is 0.450. The molecule has 1 fully saturated rings. The van der Waals surface area contributed by atoms with Gasteiger partial charge in [-0.25, -0.2) is 4.98 Å². The number of primary amides is 1. The average molecular weight is 384 g/mol. The van der Waals surface area contributed by atoms with Crippen LogP contribution in [0.3, 0.4) is 0 Å². The third-order valence-electron chi connectivity index (χ3n) is 4.82. The third kappa shape index (κ3) is 5.56. The number of aryl methyl sites for hydroxylation is 1. The van der Waals surface area contributed by atoms with E-state index in [1.165, 1.54) is 5.56 Å². The number of rotatable bonds is 6. The molecule has 8 nitrogen and oxygen atoms in total. The number of amides is 1. The molecule has 4 N–H and O–H groups in total. The van der Waals surface area contributed by atoms with E-state index in [9.17, 15) is 4.79 Å². The maximum absolute atomic E-state index is 11.0. The first-order chi connectivity index (χ1) is 13.5. The van der Waals surface area contributed by atoms with Gasteiger partial charge in [0.1, 0.15) is 6.26 Å². The Morgan fingerprint density at radius 1 is 1.32 bits per heavy atom. The molecule has 2 aromatic rings. The minimum absolute atomic E-state index is 0.276. The maximum atomic E-state index is 11.0. The van der Waals surface area contributed by atoms with Crippen molar-refractivity contribution in [2.24, 2.45) is 10.7 Å². The van der Waals surface area contributed by atoms with Gasteiger partial charge in [0.05, 0.1) is 18.8 Å². The molecule has 3 rings (SSSR count). The Labute approximate surface area is 165 Å². The smallest absolute Gasteiger partial charge is 0.231 e. The number of nitrogens with zero attached hydrogens (tertiary/aromatic N) is 3. The Morgan fingerprint density at radius 2 is 2.04 bits per heavy atom. The Balaban J connectivity index is 1.47. The molecule has 2 heterocycles. The van der Waals surface area contributed by atoms with Gasteiger partial charge in [-0.15, -0.1) is 0 Å². The predicted molar refractivity (Wildman–Crippen MR) is 109 cm³/mol. The first-order valence-corrected chi connectivity index (χ1v) is 9.53. The van der Waals surface area contributed by atoms with E-state index < -0.39 is 0 Å². The molecular weight excluding hydrogens is 356 g/mol. The summed E-state index contributed by atoms with van der Waals surface area (Å²) >= 11 is 0. The molecule has 1 aromatic heterocycles. The summed E-state index contributed by atoms with van der Waals surface area (Å²) in [5.74, 6) is 1.07. The van der Waals surface area contributed by atoms with Gasteiger partial charge in [0, 0.05) is 31.7 Å². The lowest BCUT2D eigenvalue weighted by Crippen LogP contribution is -2.49. The summed E-state index contributed by atoms with van der Waals surface area (Å²) in [5.41, 5.74) is 8.24. The van der Waals surface area contributed by atoms with E-state index in [0.29, 0.717) is 25.0 Å². The quantitative estimate of drug-likeness (QED) is 0.511. The summed E-state index contributed by atoms with van der Waals surface area (Å²) in [5, 5.41) is 6.71. The normalized spacial score (nSPS) is 16.1. The summed E-state index contributed by atoms with van der Waals surface area (Å²) in [6.45, 7) is 4.60. The lowest BCUT2D eigenvalue weighted by molar-refractivity contribution is -0.119. The molecule has 1 aliphatic rings. The minimum Gasteiger partial charge on any atom is -0.444 e. The van der Waals surface area contributed by atoms with Gasteiger partial charge in [-0.1, -0.05) is 17.7 Å². The number of hydrogen-bond acceptors (Lipinski definition) is 5. The van der Waals surface area contributed by atoms with E-state index >= 15 is 0 Å². The summed E-state index contributed by atoms with van der Waals surface area (Å²) in [6.07, 6.45) is 3.54. The molecule has 0 bridgehead atoms.